The Hall–Kier alpha value is -2.18. The summed E-state index contributed by atoms with van der Waals surface area (Å²) < 4.78 is 1.74. The minimum atomic E-state index is -0.496. The number of hydrogen-bond acceptors (Lipinski definition) is 5. The van der Waals surface area contributed by atoms with Gasteiger partial charge in [0.05, 0.1) is 17.0 Å². The Morgan fingerprint density at radius 3 is 2.39 bits per heavy atom. The summed E-state index contributed by atoms with van der Waals surface area (Å²) in [5.74, 6) is 1.37. The maximum Gasteiger partial charge on any atom is 0.169 e. The summed E-state index contributed by atoms with van der Waals surface area (Å²) in [6, 6.07) is 19.5. The van der Waals surface area contributed by atoms with Crippen molar-refractivity contribution in [3.63, 3.8) is 0 Å². The zero-order valence-electron chi connectivity index (χ0n) is 12.8. The zero-order chi connectivity index (χ0) is 16.1. The number of aliphatic hydroxyl groups excluding tert-OH is 1. The van der Waals surface area contributed by atoms with Crippen LogP contribution in [0.3, 0.4) is 0 Å². The summed E-state index contributed by atoms with van der Waals surface area (Å²) in [4.78, 5) is 0. The minimum Gasteiger partial charge on any atom is -0.388 e. The normalized spacial score (nSPS) is 13.7. The van der Waals surface area contributed by atoms with E-state index in [-0.39, 0.29) is 5.25 Å². The van der Waals surface area contributed by atoms with Gasteiger partial charge in [-0.2, -0.15) is 4.68 Å². The van der Waals surface area contributed by atoms with Crippen LogP contribution in [0, 0.1) is 0 Å². The lowest BCUT2D eigenvalue weighted by Crippen LogP contribution is -2.07. The van der Waals surface area contributed by atoms with Crippen LogP contribution in [-0.4, -0.2) is 31.1 Å². The molecule has 0 aliphatic carbocycles. The van der Waals surface area contributed by atoms with Crippen molar-refractivity contribution in [3.8, 4) is 5.69 Å². The lowest BCUT2D eigenvalue weighted by molar-refractivity contribution is 0.204. The molecule has 23 heavy (non-hydrogen) atoms. The van der Waals surface area contributed by atoms with E-state index >= 15 is 0 Å². The van der Waals surface area contributed by atoms with Crippen LogP contribution >= 0.6 is 11.8 Å². The third-order valence-electron chi connectivity index (χ3n) is 3.55. The number of hydrogen-bond donors (Lipinski definition) is 1. The Morgan fingerprint density at radius 1 is 1.04 bits per heavy atom. The summed E-state index contributed by atoms with van der Waals surface area (Å²) in [6.45, 7) is 2.05. The van der Waals surface area contributed by atoms with Gasteiger partial charge >= 0.3 is 0 Å². The monoisotopic (exact) mass is 326 g/mol. The second kappa shape index (κ2) is 7.39. The van der Waals surface area contributed by atoms with Crippen molar-refractivity contribution in [1.29, 1.82) is 0 Å². The first-order valence-electron chi connectivity index (χ1n) is 7.44. The molecule has 1 aromatic heterocycles. The van der Waals surface area contributed by atoms with Gasteiger partial charge in [0.15, 0.2) is 5.82 Å². The highest BCUT2D eigenvalue weighted by molar-refractivity contribution is 7.99. The number of benzene rings is 2. The summed E-state index contributed by atoms with van der Waals surface area (Å²) in [7, 11) is 0. The molecule has 1 N–H and O–H groups in total. The molecule has 3 rings (SSSR count). The number of rotatable bonds is 6. The Kier molecular flexibility index (Phi) is 5.05. The van der Waals surface area contributed by atoms with Gasteiger partial charge in [0, 0.05) is 5.75 Å². The quantitative estimate of drug-likeness (QED) is 0.753. The minimum absolute atomic E-state index is 0.0727. The number of aliphatic hydroxyl groups is 1. The lowest BCUT2D eigenvalue weighted by atomic mass is 10.1. The first kappa shape index (κ1) is 15.7. The summed E-state index contributed by atoms with van der Waals surface area (Å²) in [5.41, 5.74) is 1.86. The topological polar surface area (TPSA) is 63.8 Å². The van der Waals surface area contributed by atoms with E-state index in [1.807, 2.05) is 67.6 Å². The van der Waals surface area contributed by atoms with Crippen LogP contribution in [0.25, 0.3) is 5.69 Å². The third-order valence-corrected chi connectivity index (χ3v) is 4.77. The molecule has 0 amide bonds. The molecule has 0 aliphatic heterocycles. The van der Waals surface area contributed by atoms with Crippen LogP contribution < -0.4 is 0 Å². The largest absolute Gasteiger partial charge is 0.388 e. The summed E-state index contributed by atoms with van der Waals surface area (Å²) >= 11 is 1.63. The average molecular weight is 326 g/mol. The molecule has 6 heteroatoms. The van der Waals surface area contributed by atoms with Crippen LogP contribution in [0.5, 0.6) is 0 Å². The Balaban J connectivity index is 1.68. The van der Waals surface area contributed by atoms with E-state index in [0.717, 1.165) is 17.1 Å². The van der Waals surface area contributed by atoms with Crippen LogP contribution in [0.15, 0.2) is 60.7 Å². The summed E-state index contributed by atoms with van der Waals surface area (Å²) in [6.07, 6.45) is -0.496. The highest BCUT2D eigenvalue weighted by atomic mass is 32.2. The van der Waals surface area contributed by atoms with E-state index in [1.54, 1.807) is 16.4 Å². The van der Waals surface area contributed by atoms with Gasteiger partial charge in [-0.15, -0.1) is 16.9 Å². The molecule has 2 atom stereocenters. The van der Waals surface area contributed by atoms with Crippen molar-refractivity contribution >= 4 is 11.8 Å². The van der Waals surface area contributed by atoms with Crippen molar-refractivity contribution in [3.05, 3.63) is 72.1 Å². The molecule has 0 radical (unpaired) electrons. The molecule has 0 spiro atoms. The Labute approximate surface area is 139 Å². The zero-order valence-corrected chi connectivity index (χ0v) is 13.6. The molecule has 0 bridgehead atoms. The SMILES string of the molecule is C[C@H](SC[C@@H](O)c1ccccc1)c1nnnn1-c1ccccc1. The molecular weight excluding hydrogens is 308 g/mol. The van der Waals surface area contributed by atoms with Gasteiger partial charge in [-0.25, -0.2) is 0 Å². The molecular formula is C17H18N4OS. The molecule has 0 saturated heterocycles. The van der Waals surface area contributed by atoms with Crippen LogP contribution in [0.1, 0.15) is 29.7 Å². The highest BCUT2D eigenvalue weighted by Gasteiger charge is 2.18. The van der Waals surface area contributed by atoms with Crippen molar-refractivity contribution in [1.82, 2.24) is 20.2 Å². The standard InChI is InChI=1S/C17H18N4OS/c1-13(23-12-16(22)14-8-4-2-5-9-14)17-18-19-20-21(17)15-10-6-3-7-11-15/h2-11,13,16,22H,12H2,1H3/t13-,16+/m0/s1. The Bertz CT molecular complexity index is 733. The predicted octanol–water partition coefficient (Wildman–Crippen LogP) is 3.19. The number of para-hydroxylation sites is 1. The molecule has 118 valence electrons. The van der Waals surface area contributed by atoms with Gasteiger partial charge in [-0.05, 0) is 35.0 Å². The molecule has 2 aromatic carbocycles. The average Bonchev–Trinajstić information content (AvgIpc) is 3.11. The van der Waals surface area contributed by atoms with Crippen molar-refractivity contribution in [2.45, 2.75) is 18.3 Å². The molecule has 3 aromatic rings. The molecule has 0 unspecified atom stereocenters. The molecule has 1 heterocycles. The summed E-state index contributed by atoms with van der Waals surface area (Å²) in [5, 5.41) is 22.4. The van der Waals surface area contributed by atoms with E-state index in [0.29, 0.717) is 5.75 Å². The molecule has 0 saturated carbocycles. The van der Waals surface area contributed by atoms with Crippen molar-refractivity contribution in [2.75, 3.05) is 5.75 Å². The van der Waals surface area contributed by atoms with E-state index in [4.69, 9.17) is 0 Å². The molecule has 0 fully saturated rings. The van der Waals surface area contributed by atoms with Gasteiger partial charge in [-0.3, -0.25) is 0 Å². The predicted molar refractivity (Wildman–Crippen MR) is 91.4 cm³/mol. The maximum atomic E-state index is 10.3. The van der Waals surface area contributed by atoms with E-state index < -0.39 is 6.10 Å². The van der Waals surface area contributed by atoms with Crippen molar-refractivity contribution < 1.29 is 5.11 Å². The third kappa shape index (κ3) is 3.78. The first-order valence-corrected chi connectivity index (χ1v) is 8.49. The van der Waals surface area contributed by atoms with E-state index in [2.05, 4.69) is 15.5 Å². The number of nitrogens with zero attached hydrogens (tertiary/aromatic N) is 4. The second-order valence-electron chi connectivity index (χ2n) is 5.19. The van der Waals surface area contributed by atoms with Gasteiger partial charge in [0.25, 0.3) is 0 Å². The van der Waals surface area contributed by atoms with E-state index in [9.17, 15) is 5.11 Å². The lowest BCUT2D eigenvalue weighted by Gasteiger charge is -2.15. The first-order chi connectivity index (χ1) is 11.3. The van der Waals surface area contributed by atoms with Gasteiger partial charge in [0.2, 0.25) is 0 Å². The van der Waals surface area contributed by atoms with Gasteiger partial charge in [0.1, 0.15) is 0 Å². The Morgan fingerprint density at radius 2 is 1.70 bits per heavy atom. The number of tetrazole rings is 1. The van der Waals surface area contributed by atoms with E-state index in [1.165, 1.54) is 0 Å². The number of thioether (sulfide) groups is 1. The fourth-order valence-corrected chi connectivity index (χ4v) is 3.24. The van der Waals surface area contributed by atoms with Crippen LogP contribution in [0.4, 0.5) is 0 Å². The van der Waals surface area contributed by atoms with Crippen LogP contribution in [0.2, 0.25) is 0 Å². The van der Waals surface area contributed by atoms with Gasteiger partial charge in [-0.1, -0.05) is 48.5 Å². The number of aromatic nitrogens is 4. The highest BCUT2D eigenvalue weighted by Crippen LogP contribution is 2.31. The van der Waals surface area contributed by atoms with Crippen molar-refractivity contribution in [2.24, 2.45) is 0 Å². The van der Waals surface area contributed by atoms with Gasteiger partial charge < -0.3 is 5.11 Å². The van der Waals surface area contributed by atoms with Crippen LogP contribution in [-0.2, 0) is 0 Å². The smallest absolute Gasteiger partial charge is 0.169 e. The molecule has 5 nitrogen and oxygen atoms in total. The fraction of sp³-hybridized carbons (Fsp3) is 0.235. The second-order valence-corrected chi connectivity index (χ2v) is 6.56. The maximum absolute atomic E-state index is 10.3. The molecule has 0 aliphatic rings. The fourth-order valence-electron chi connectivity index (χ4n) is 2.28.